The lowest BCUT2D eigenvalue weighted by atomic mass is 10.1. The van der Waals surface area contributed by atoms with Gasteiger partial charge in [0.1, 0.15) is 5.69 Å². The molecular weight excluding hydrogens is 230 g/mol. The third-order valence-electron chi connectivity index (χ3n) is 2.75. The number of pyridine rings is 1. The van der Waals surface area contributed by atoms with Crippen LogP contribution >= 0.6 is 0 Å². The number of aromatic nitrogens is 1. The van der Waals surface area contributed by atoms with E-state index < -0.39 is 4.92 Å². The van der Waals surface area contributed by atoms with E-state index in [9.17, 15) is 10.1 Å². The molecule has 5 heteroatoms. The first-order valence-corrected chi connectivity index (χ1v) is 5.47. The number of hydrogen-bond donors (Lipinski definition) is 1. The minimum Gasteiger partial charge on any atom is -0.397 e. The maximum absolute atomic E-state index is 11.0. The van der Waals surface area contributed by atoms with Gasteiger partial charge in [-0.3, -0.25) is 10.1 Å². The lowest BCUT2D eigenvalue weighted by Gasteiger charge is -2.06. The van der Waals surface area contributed by atoms with Crippen LogP contribution in [0.1, 0.15) is 11.3 Å². The Balaban J connectivity index is 2.65. The zero-order valence-corrected chi connectivity index (χ0v) is 10.2. The molecule has 0 atom stereocenters. The van der Waals surface area contributed by atoms with Crippen LogP contribution in [-0.2, 0) is 0 Å². The van der Waals surface area contributed by atoms with Crippen LogP contribution in [0.2, 0.25) is 0 Å². The number of benzene rings is 1. The van der Waals surface area contributed by atoms with Gasteiger partial charge < -0.3 is 5.73 Å². The third kappa shape index (κ3) is 2.15. The first kappa shape index (κ1) is 12.0. The van der Waals surface area contributed by atoms with E-state index in [-0.39, 0.29) is 5.69 Å². The van der Waals surface area contributed by atoms with Crippen molar-refractivity contribution in [3.8, 4) is 11.3 Å². The van der Waals surface area contributed by atoms with Crippen LogP contribution < -0.4 is 5.73 Å². The van der Waals surface area contributed by atoms with Crippen molar-refractivity contribution in [2.75, 3.05) is 5.73 Å². The molecular formula is C13H13N3O2. The summed E-state index contributed by atoms with van der Waals surface area (Å²) in [6.07, 6.45) is 0. The second-order valence-electron chi connectivity index (χ2n) is 4.15. The van der Waals surface area contributed by atoms with Gasteiger partial charge >= 0.3 is 0 Å². The number of nitrogens with two attached hydrogens (primary N) is 1. The normalized spacial score (nSPS) is 10.3. The van der Waals surface area contributed by atoms with Gasteiger partial charge in [-0.1, -0.05) is 29.8 Å². The number of rotatable bonds is 2. The van der Waals surface area contributed by atoms with E-state index in [4.69, 9.17) is 5.73 Å². The number of nitrogens with zero attached hydrogens (tertiary/aromatic N) is 2. The van der Waals surface area contributed by atoms with Gasteiger partial charge in [0.15, 0.2) is 0 Å². The molecule has 0 aliphatic carbocycles. The van der Waals surface area contributed by atoms with E-state index in [2.05, 4.69) is 4.98 Å². The first-order valence-electron chi connectivity index (χ1n) is 5.47. The lowest BCUT2D eigenvalue weighted by Crippen LogP contribution is -2.00. The molecule has 0 bridgehead atoms. The molecule has 0 aliphatic rings. The van der Waals surface area contributed by atoms with Gasteiger partial charge in [-0.05, 0) is 13.8 Å². The molecule has 0 saturated heterocycles. The molecule has 1 aromatic heterocycles. The van der Waals surface area contributed by atoms with E-state index in [0.29, 0.717) is 17.1 Å². The van der Waals surface area contributed by atoms with Crippen LogP contribution in [0.5, 0.6) is 0 Å². The summed E-state index contributed by atoms with van der Waals surface area (Å²) < 4.78 is 0. The van der Waals surface area contributed by atoms with Crippen molar-refractivity contribution in [3.63, 3.8) is 0 Å². The maximum atomic E-state index is 11.0. The molecule has 0 aliphatic heterocycles. The molecule has 1 aromatic carbocycles. The molecule has 0 saturated carbocycles. The van der Waals surface area contributed by atoms with Crippen LogP contribution in [0.25, 0.3) is 11.3 Å². The topological polar surface area (TPSA) is 82.0 Å². The molecule has 0 unspecified atom stereocenters. The second-order valence-corrected chi connectivity index (χ2v) is 4.15. The molecule has 0 amide bonds. The van der Waals surface area contributed by atoms with Crippen LogP contribution in [0, 0.1) is 24.0 Å². The van der Waals surface area contributed by atoms with E-state index >= 15 is 0 Å². The highest BCUT2D eigenvalue weighted by Crippen LogP contribution is 2.30. The monoisotopic (exact) mass is 243 g/mol. The van der Waals surface area contributed by atoms with Crippen molar-refractivity contribution in [3.05, 3.63) is 51.7 Å². The maximum Gasteiger partial charge on any atom is 0.297 e. The minimum absolute atomic E-state index is 0.0676. The summed E-state index contributed by atoms with van der Waals surface area (Å²) in [4.78, 5) is 14.8. The van der Waals surface area contributed by atoms with Crippen LogP contribution in [0.3, 0.4) is 0 Å². The van der Waals surface area contributed by atoms with Crippen molar-refractivity contribution in [1.82, 2.24) is 4.98 Å². The summed E-state index contributed by atoms with van der Waals surface area (Å²) in [6.45, 7) is 3.69. The average molecular weight is 243 g/mol. The Hall–Kier alpha value is -2.43. The zero-order valence-electron chi connectivity index (χ0n) is 10.2. The Morgan fingerprint density at radius 2 is 1.83 bits per heavy atom. The summed E-state index contributed by atoms with van der Waals surface area (Å²) in [5.41, 5.74) is 8.68. The highest BCUT2D eigenvalue weighted by atomic mass is 16.6. The predicted octanol–water partition coefficient (Wildman–Crippen LogP) is 2.86. The van der Waals surface area contributed by atoms with Crippen molar-refractivity contribution in [2.24, 2.45) is 0 Å². The van der Waals surface area contributed by atoms with Gasteiger partial charge in [0.05, 0.1) is 16.3 Å². The van der Waals surface area contributed by atoms with Crippen molar-refractivity contribution < 1.29 is 4.92 Å². The zero-order chi connectivity index (χ0) is 13.3. The Morgan fingerprint density at radius 3 is 2.39 bits per heavy atom. The van der Waals surface area contributed by atoms with Crippen LogP contribution in [-0.4, -0.2) is 9.91 Å². The molecule has 0 radical (unpaired) electrons. The van der Waals surface area contributed by atoms with Crippen LogP contribution in [0.15, 0.2) is 30.3 Å². The fraction of sp³-hybridized carbons (Fsp3) is 0.154. The quantitative estimate of drug-likeness (QED) is 0.649. The summed E-state index contributed by atoms with van der Waals surface area (Å²) in [5, 5.41) is 11.0. The molecule has 2 N–H and O–H groups in total. The minimum atomic E-state index is -0.460. The largest absolute Gasteiger partial charge is 0.397 e. The summed E-state index contributed by atoms with van der Waals surface area (Å²) in [5.74, 6) is 0. The lowest BCUT2D eigenvalue weighted by molar-refractivity contribution is -0.384. The summed E-state index contributed by atoms with van der Waals surface area (Å²) in [6, 6.07) is 8.79. The number of nitro groups is 1. The molecule has 92 valence electrons. The fourth-order valence-corrected chi connectivity index (χ4v) is 1.67. The van der Waals surface area contributed by atoms with E-state index in [1.54, 1.807) is 6.92 Å². The smallest absolute Gasteiger partial charge is 0.297 e. The van der Waals surface area contributed by atoms with Gasteiger partial charge in [0.2, 0.25) is 0 Å². The molecule has 18 heavy (non-hydrogen) atoms. The van der Waals surface area contributed by atoms with Gasteiger partial charge in [-0.2, -0.15) is 0 Å². The van der Waals surface area contributed by atoms with Crippen molar-refractivity contribution in [1.29, 1.82) is 0 Å². The number of hydrogen-bond acceptors (Lipinski definition) is 4. The average Bonchev–Trinajstić information content (AvgIpc) is 2.33. The van der Waals surface area contributed by atoms with E-state index in [0.717, 1.165) is 11.1 Å². The van der Waals surface area contributed by atoms with E-state index in [1.165, 1.54) is 6.07 Å². The van der Waals surface area contributed by atoms with Gasteiger partial charge in [0.25, 0.3) is 5.69 Å². The first-order chi connectivity index (χ1) is 8.49. The van der Waals surface area contributed by atoms with Gasteiger partial charge in [-0.15, -0.1) is 0 Å². The molecule has 2 rings (SSSR count). The second kappa shape index (κ2) is 4.44. The van der Waals surface area contributed by atoms with Gasteiger partial charge in [0, 0.05) is 11.6 Å². The summed E-state index contributed by atoms with van der Waals surface area (Å²) in [7, 11) is 0. The molecule has 0 spiro atoms. The number of anilines is 1. The Morgan fingerprint density at radius 1 is 1.22 bits per heavy atom. The van der Waals surface area contributed by atoms with Crippen LogP contribution in [0.4, 0.5) is 11.4 Å². The molecule has 2 aromatic rings. The van der Waals surface area contributed by atoms with E-state index in [1.807, 2.05) is 31.2 Å². The summed E-state index contributed by atoms with van der Waals surface area (Å²) >= 11 is 0. The Bertz CT molecular complexity index is 606. The fourth-order valence-electron chi connectivity index (χ4n) is 1.67. The molecule has 0 fully saturated rings. The Labute approximate surface area is 104 Å². The standard InChI is InChI=1S/C13H13N3O2/c1-8-3-5-10(6-4-8)13-12(16(17)18)7-11(14)9(2)15-13/h3-7H,14H2,1-2H3. The predicted molar refractivity (Wildman–Crippen MR) is 70.2 cm³/mol. The highest BCUT2D eigenvalue weighted by molar-refractivity contribution is 5.72. The van der Waals surface area contributed by atoms with Crippen molar-refractivity contribution in [2.45, 2.75) is 13.8 Å². The number of aryl methyl sites for hydroxylation is 2. The third-order valence-corrected chi connectivity index (χ3v) is 2.75. The van der Waals surface area contributed by atoms with Gasteiger partial charge in [-0.25, -0.2) is 4.98 Å². The highest BCUT2D eigenvalue weighted by Gasteiger charge is 2.18. The number of nitrogen functional groups attached to an aromatic ring is 1. The Kier molecular flexibility index (Phi) is 2.97. The molecule has 1 heterocycles. The molecule has 5 nitrogen and oxygen atoms in total. The SMILES string of the molecule is Cc1ccc(-c2nc(C)c(N)cc2[N+](=O)[O-])cc1. The van der Waals surface area contributed by atoms with Crippen molar-refractivity contribution >= 4 is 11.4 Å².